The van der Waals surface area contributed by atoms with E-state index in [1.807, 2.05) is 44.2 Å². The maximum atomic E-state index is 5.68. The Labute approximate surface area is 159 Å². The number of aromatic nitrogens is 3. The lowest BCUT2D eigenvalue weighted by Gasteiger charge is -2.22. The molecule has 2 heterocycles. The molecule has 138 valence electrons. The first-order valence-electron chi connectivity index (χ1n) is 9.21. The highest BCUT2D eigenvalue weighted by atomic mass is 16.5. The molecule has 6 heteroatoms. The van der Waals surface area contributed by atoms with E-state index in [0.29, 0.717) is 17.8 Å². The van der Waals surface area contributed by atoms with Crippen molar-refractivity contribution in [1.82, 2.24) is 15.2 Å². The molecule has 1 N–H and O–H groups in total. The minimum atomic E-state index is 0.155. The topological polar surface area (TPSA) is 63.2 Å². The quantitative estimate of drug-likeness (QED) is 0.723. The number of rotatable bonds is 5. The summed E-state index contributed by atoms with van der Waals surface area (Å²) < 4.78 is 5.68. The second kappa shape index (κ2) is 7.23. The zero-order valence-corrected chi connectivity index (χ0v) is 15.8. The average molecular weight is 361 g/mol. The van der Waals surface area contributed by atoms with Crippen molar-refractivity contribution in [3.8, 4) is 5.75 Å². The van der Waals surface area contributed by atoms with Gasteiger partial charge in [-0.05, 0) is 63.1 Å². The number of ether oxygens (including phenoxy) is 1. The molecule has 1 aromatic heterocycles. The summed E-state index contributed by atoms with van der Waals surface area (Å²) in [4.78, 5) is 6.83. The third-order valence-electron chi connectivity index (χ3n) is 4.47. The smallest absolute Gasteiger partial charge is 0.252 e. The third-order valence-corrected chi connectivity index (χ3v) is 4.47. The zero-order chi connectivity index (χ0) is 18.8. The summed E-state index contributed by atoms with van der Waals surface area (Å²) in [7, 11) is 0. The Morgan fingerprint density at radius 2 is 1.89 bits per heavy atom. The molecule has 0 fully saturated rings. The first-order valence-corrected chi connectivity index (χ1v) is 9.21. The van der Waals surface area contributed by atoms with Crippen molar-refractivity contribution >= 4 is 23.1 Å². The van der Waals surface area contributed by atoms with E-state index >= 15 is 0 Å². The highest BCUT2D eigenvalue weighted by molar-refractivity contribution is 5.68. The summed E-state index contributed by atoms with van der Waals surface area (Å²) in [6.45, 7) is 6.20. The minimum Gasteiger partial charge on any atom is -0.491 e. The number of para-hydroxylation sites is 1. The van der Waals surface area contributed by atoms with Crippen molar-refractivity contribution < 1.29 is 4.74 Å². The molecule has 0 spiro atoms. The first-order chi connectivity index (χ1) is 13.1. The van der Waals surface area contributed by atoms with Crippen molar-refractivity contribution in [3.05, 3.63) is 60.3 Å². The van der Waals surface area contributed by atoms with E-state index in [4.69, 9.17) is 4.74 Å². The van der Waals surface area contributed by atoms with Gasteiger partial charge in [0.1, 0.15) is 5.75 Å². The fourth-order valence-corrected chi connectivity index (χ4v) is 3.36. The van der Waals surface area contributed by atoms with Crippen LogP contribution in [-0.2, 0) is 6.42 Å². The molecule has 1 unspecified atom stereocenters. The lowest BCUT2D eigenvalue weighted by Crippen LogP contribution is -2.26. The minimum absolute atomic E-state index is 0.155. The van der Waals surface area contributed by atoms with Crippen molar-refractivity contribution in [3.63, 3.8) is 0 Å². The second-order valence-corrected chi connectivity index (χ2v) is 7.01. The van der Waals surface area contributed by atoms with Gasteiger partial charge in [-0.25, -0.2) is 0 Å². The van der Waals surface area contributed by atoms with Crippen LogP contribution >= 0.6 is 0 Å². The lowest BCUT2D eigenvalue weighted by molar-refractivity contribution is 0.242. The lowest BCUT2D eigenvalue weighted by atomic mass is 10.1. The zero-order valence-electron chi connectivity index (χ0n) is 15.8. The number of fused-ring (bicyclic) bond motifs is 1. The Morgan fingerprint density at radius 1 is 1.11 bits per heavy atom. The fraction of sp³-hybridized carbons (Fsp3) is 0.286. The molecule has 2 aromatic carbocycles. The monoisotopic (exact) mass is 361 g/mol. The van der Waals surface area contributed by atoms with Gasteiger partial charge in [0, 0.05) is 17.4 Å². The molecule has 0 amide bonds. The van der Waals surface area contributed by atoms with Crippen LogP contribution in [0.3, 0.4) is 0 Å². The molecule has 0 bridgehead atoms. The van der Waals surface area contributed by atoms with Crippen LogP contribution in [0.2, 0.25) is 0 Å². The normalized spacial score (nSPS) is 15.7. The number of hydrogen-bond acceptors (Lipinski definition) is 6. The summed E-state index contributed by atoms with van der Waals surface area (Å²) in [5, 5.41) is 11.7. The van der Waals surface area contributed by atoms with Crippen LogP contribution < -0.4 is 15.0 Å². The number of nitrogens with one attached hydrogen (secondary N) is 1. The van der Waals surface area contributed by atoms with Gasteiger partial charge in [-0.2, -0.15) is 10.1 Å². The Balaban J connectivity index is 1.55. The molecule has 1 aliphatic heterocycles. The Kier molecular flexibility index (Phi) is 4.62. The molecule has 0 saturated carbocycles. The molecule has 4 rings (SSSR count). The van der Waals surface area contributed by atoms with Gasteiger partial charge >= 0.3 is 0 Å². The molecular weight excluding hydrogens is 338 g/mol. The molecule has 1 aliphatic rings. The van der Waals surface area contributed by atoms with E-state index < -0.39 is 0 Å². The molecule has 0 aliphatic carbocycles. The molecule has 27 heavy (non-hydrogen) atoms. The van der Waals surface area contributed by atoms with Crippen molar-refractivity contribution in [2.45, 2.75) is 39.3 Å². The molecule has 0 saturated heterocycles. The predicted molar refractivity (Wildman–Crippen MR) is 107 cm³/mol. The summed E-state index contributed by atoms with van der Waals surface area (Å²) >= 11 is 0. The van der Waals surface area contributed by atoms with E-state index in [-0.39, 0.29) is 6.10 Å². The van der Waals surface area contributed by atoms with Crippen LogP contribution in [0.25, 0.3) is 0 Å². The van der Waals surface area contributed by atoms with Crippen molar-refractivity contribution in [1.29, 1.82) is 0 Å². The summed E-state index contributed by atoms with van der Waals surface area (Å²) in [6, 6.07) is 16.5. The molecule has 1 atom stereocenters. The maximum Gasteiger partial charge on any atom is 0.252 e. The van der Waals surface area contributed by atoms with E-state index in [1.54, 1.807) is 6.20 Å². The summed E-state index contributed by atoms with van der Waals surface area (Å²) in [5.41, 5.74) is 3.39. The van der Waals surface area contributed by atoms with Crippen molar-refractivity contribution in [2.24, 2.45) is 0 Å². The molecule has 0 radical (unpaired) electrons. The van der Waals surface area contributed by atoms with Gasteiger partial charge < -0.3 is 15.0 Å². The third kappa shape index (κ3) is 3.69. The first kappa shape index (κ1) is 17.3. The Hall–Kier alpha value is -3.15. The fourth-order valence-electron chi connectivity index (χ4n) is 3.36. The largest absolute Gasteiger partial charge is 0.491 e. The maximum absolute atomic E-state index is 5.68. The second-order valence-electron chi connectivity index (χ2n) is 7.01. The van der Waals surface area contributed by atoms with Crippen LogP contribution in [0.15, 0.2) is 54.7 Å². The number of nitrogens with zero attached hydrogens (tertiary/aromatic N) is 4. The van der Waals surface area contributed by atoms with Crippen molar-refractivity contribution in [2.75, 3.05) is 10.2 Å². The van der Waals surface area contributed by atoms with Crippen LogP contribution in [0.1, 0.15) is 26.3 Å². The van der Waals surface area contributed by atoms with Gasteiger partial charge in [0.15, 0.2) is 5.82 Å². The molecule has 3 aromatic rings. The van der Waals surface area contributed by atoms with Gasteiger partial charge in [-0.3, -0.25) is 0 Å². The highest BCUT2D eigenvalue weighted by Gasteiger charge is 2.29. The summed E-state index contributed by atoms with van der Waals surface area (Å²) in [5.74, 6) is 2.12. The molecule has 6 nitrogen and oxygen atoms in total. The van der Waals surface area contributed by atoms with Crippen LogP contribution in [-0.4, -0.2) is 27.3 Å². The van der Waals surface area contributed by atoms with Crippen LogP contribution in [0.5, 0.6) is 5.75 Å². The van der Waals surface area contributed by atoms with Gasteiger partial charge in [-0.1, -0.05) is 18.2 Å². The summed E-state index contributed by atoms with van der Waals surface area (Å²) in [6.07, 6.45) is 2.77. The van der Waals surface area contributed by atoms with Gasteiger partial charge in [0.05, 0.1) is 12.3 Å². The van der Waals surface area contributed by atoms with Gasteiger partial charge in [0.2, 0.25) is 0 Å². The van der Waals surface area contributed by atoms with E-state index in [0.717, 1.165) is 23.5 Å². The molecular formula is C21H23N5O. The van der Waals surface area contributed by atoms with Gasteiger partial charge in [0.25, 0.3) is 5.95 Å². The van der Waals surface area contributed by atoms with E-state index in [2.05, 4.69) is 50.5 Å². The Bertz CT molecular complexity index is 926. The highest BCUT2D eigenvalue weighted by Crippen LogP contribution is 2.36. The van der Waals surface area contributed by atoms with E-state index in [1.165, 1.54) is 5.56 Å². The van der Waals surface area contributed by atoms with Gasteiger partial charge in [-0.15, -0.1) is 5.10 Å². The standard InChI is InChI=1S/C21H23N5O/c1-14(2)27-18-10-8-17(9-11-18)23-20-13-22-25-21(24-20)26-15(3)12-16-6-4-5-7-19(16)26/h4-11,13-15H,12H2,1-3H3,(H,23,24,25). The van der Waals surface area contributed by atoms with Crippen LogP contribution in [0.4, 0.5) is 23.1 Å². The average Bonchev–Trinajstić information content (AvgIpc) is 2.99. The number of benzene rings is 2. The Morgan fingerprint density at radius 3 is 2.67 bits per heavy atom. The van der Waals surface area contributed by atoms with Crippen LogP contribution in [0, 0.1) is 0 Å². The number of anilines is 4. The van der Waals surface area contributed by atoms with E-state index in [9.17, 15) is 0 Å². The number of hydrogen-bond donors (Lipinski definition) is 1. The predicted octanol–water partition coefficient (Wildman–Crippen LogP) is 4.49. The SMILES string of the molecule is CC(C)Oc1ccc(Nc2cnnc(N3c4ccccc4CC3C)n2)cc1.